The normalized spacial score (nSPS) is 24.5. The largest absolute Gasteiger partial charge is 0.393 e. The highest BCUT2D eigenvalue weighted by Crippen LogP contribution is 2.46. The number of nitrogens with zero attached hydrogens (tertiary/aromatic N) is 2. The van der Waals surface area contributed by atoms with Crippen LogP contribution >= 0.6 is 11.6 Å². The molecule has 2 aromatic rings. The third-order valence-corrected chi connectivity index (χ3v) is 5.55. The van der Waals surface area contributed by atoms with Crippen LogP contribution in [0.5, 0.6) is 0 Å². The van der Waals surface area contributed by atoms with Gasteiger partial charge in [-0.25, -0.2) is 9.37 Å². The number of carbonyl (C=O) groups excluding carboxylic acids is 1. The average Bonchev–Trinajstić information content (AvgIpc) is 3.23. The standard InChI is InChI=1S/C19H19ClFN3O2/c1-24-9-22-17(12-4-10-6-14(25)7-11(10)5-12)18(24)19(26)23-13-2-3-16(21)15(20)8-13/h2-4,8-11,14,25H,5-7H2,1H3,(H,23,26)/t10-,11+,14+/m0/s1. The van der Waals surface area contributed by atoms with Crippen LogP contribution in [-0.2, 0) is 7.05 Å². The van der Waals surface area contributed by atoms with E-state index in [9.17, 15) is 14.3 Å². The Morgan fingerprint density at radius 1 is 1.42 bits per heavy atom. The van der Waals surface area contributed by atoms with Crippen molar-refractivity contribution >= 4 is 28.8 Å². The monoisotopic (exact) mass is 375 g/mol. The van der Waals surface area contributed by atoms with Crippen LogP contribution in [0, 0.1) is 17.7 Å². The second-order valence-corrected chi connectivity index (χ2v) is 7.49. The number of carbonyl (C=O) groups is 1. The lowest BCUT2D eigenvalue weighted by atomic mass is 9.99. The highest BCUT2D eigenvalue weighted by atomic mass is 35.5. The highest BCUT2D eigenvalue weighted by Gasteiger charge is 2.38. The second kappa shape index (κ2) is 6.52. The third-order valence-electron chi connectivity index (χ3n) is 5.26. The first-order valence-corrected chi connectivity index (χ1v) is 8.97. The van der Waals surface area contributed by atoms with Gasteiger partial charge in [-0.2, -0.15) is 0 Å². The molecule has 1 amide bonds. The summed E-state index contributed by atoms with van der Waals surface area (Å²) in [5.74, 6) is -0.0703. The molecule has 5 nitrogen and oxygen atoms in total. The van der Waals surface area contributed by atoms with Gasteiger partial charge in [0.25, 0.3) is 5.91 Å². The van der Waals surface area contributed by atoms with Crippen LogP contribution < -0.4 is 5.32 Å². The zero-order chi connectivity index (χ0) is 18.4. The molecule has 0 bridgehead atoms. The van der Waals surface area contributed by atoms with Gasteiger partial charge in [0.15, 0.2) is 0 Å². The summed E-state index contributed by atoms with van der Waals surface area (Å²) in [4.78, 5) is 17.2. The minimum Gasteiger partial charge on any atom is -0.393 e. The molecule has 0 saturated heterocycles. The maximum absolute atomic E-state index is 13.3. The van der Waals surface area contributed by atoms with Crippen molar-refractivity contribution in [2.45, 2.75) is 25.4 Å². The Balaban J connectivity index is 1.59. The second-order valence-electron chi connectivity index (χ2n) is 7.08. The number of anilines is 1. The topological polar surface area (TPSA) is 67.1 Å². The average molecular weight is 376 g/mol. The number of aliphatic hydroxyl groups excluding tert-OH is 1. The lowest BCUT2D eigenvalue weighted by Gasteiger charge is -2.10. The molecule has 136 valence electrons. The summed E-state index contributed by atoms with van der Waals surface area (Å²) in [6.07, 6.45) is 5.93. The fraction of sp³-hybridized carbons (Fsp3) is 0.368. The quantitative estimate of drug-likeness (QED) is 0.860. The van der Waals surface area contributed by atoms with Crippen molar-refractivity contribution in [1.29, 1.82) is 0 Å². The summed E-state index contributed by atoms with van der Waals surface area (Å²) in [5.41, 5.74) is 2.60. The van der Waals surface area contributed by atoms with E-state index >= 15 is 0 Å². The molecular formula is C19H19ClFN3O2. The van der Waals surface area contributed by atoms with Crippen molar-refractivity contribution < 1.29 is 14.3 Å². The number of halogens is 2. The van der Waals surface area contributed by atoms with Gasteiger partial charge in [0, 0.05) is 12.7 Å². The molecule has 1 heterocycles. The number of nitrogens with one attached hydrogen (secondary N) is 1. The maximum Gasteiger partial charge on any atom is 0.274 e. The number of amides is 1. The number of rotatable bonds is 3. The minimum atomic E-state index is -0.532. The summed E-state index contributed by atoms with van der Waals surface area (Å²) in [5, 5.41) is 12.5. The van der Waals surface area contributed by atoms with Gasteiger partial charge in [-0.05, 0) is 54.9 Å². The van der Waals surface area contributed by atoms with E-state index in [1.54, 1.807) is 17.9 Å². The number of imidazole rings is 1. The van der Waals surface area contributed by atoms with E-state index in [4.69, 9.17) is 11.6 Å². The van der Waals surface area contributed by atoms with E-state index in [1.165, 1.54) is 18.2 Å². The molecule has 3 atom stereocenters. The fourth-order valence-electron chi connectivity index (χ4n) is 4.05. The predicted molar refractivity (Wildman–Crippen MR) is 97.4 cm³/mol. The van der Waals surface area contributed by atoms with E-state index in [0.29, 0.717) is 28.9 Å². The van der Waals surface area contributed by atoms with Crippen LogP contribution in [0.1, 0.15) is 35.4 Å². The van der Waals surface area contributed by atoms with Gasteiger partial charge >= 0.3 is 0 Å². The predicted octanol–water partition coefficient (Wildman–Crippen LogP) is 3.64. The number of aromatic nitrogens is 2. The summed E-state index contributed by atoms with van der Waals surface area (Å²) in [6, 6.07) is 4.06. The molecule has 2 aliphatic rings. The SMILES string of the molecule is Cn1cnc(C2=C[C@H]3C[C@@H](O)C[C@H]3C2)c1C(=O)Nc1ccc(F)c(Cl)c1. The Morgan fingerprint density at radius 2 is 2.23 bits per heavy atom. The fourth-order valence-corrected chi connectivity index (χ4v) is 4.23. The van der Waals surface area contributed by atoms with Crippen LogP contribution in [0.15, 0.2) is 30.6 Å². The van der Waals surface area contributed by atoms with Gasteiger partial charge in [-0.15, -0.1) is 0 Å². The number of hydrogen-bond donors (Lipinski definition) is 2. The Morgan fingerprint density at radius 3 is 2.96 bits per heavy atom. The molecule has 1 aromatic heterocycles. The molecule has 0 spiro atoms. The van der Waals surface area contributed by atoms with E-state index in [2.05, 4.69) is 16.4 Å². The Bertz CT molecular complexity index is 908. The summed E-state index contributed by atoms with van der Waals surface area (Å²) in [6.45, 7) is 0. The number of fused-ring (bicyclic) bond motifs is 1. The molecular weight excluding hydrogens is 357 g/mol. The van der Waals surface area contributed by atoms with Crippen molar-refractivity contribution in [3.8, 4) is 0 Å². The first-order valence-electron chi connectivity index (χ1n) is 8.59. The van der Waals surface area contributed by atoms with Crippen LogP contribution in [0.25, 0.3) is 5.57 Å². The van der Waals surface area contributed by atoms with Gasteiger partial charge in [-0.3, -0.25) is 4.79 Å². The Labute approximate surface area is 155 Å². The lowest BCUT2D eigenvalue weighted by molar-refractivity contribution is 0.101. The van der Waals surface area contributed by atoms with E-state index in [-0.39, 0.29) is 17.0 Å². The first-order chi connectivity index (χ1) is 12.4. The van der Waals surface area contributed by atoms with E-state index in [0.717, 1.165) is 24.8 Å². The number of aryl methyl sites for hydroxylation is 1. The van der Waals surface area contributed by atoms with Crippen molar-refractivity contribution in [2.75, 3.05) is 5.32 Å². The molecule has 0 unspecified atom stereocenters. The molecule has 1 aromatic carbocycles. The van der Waals surface area contributed by atoms with Gasteiger partial charge < -0.3 is 15.0 Å². The summed E-state index contributed by atoms with van der Waals surface area (Å²) in [7, 11) is 1.77. The lowest BCUT2D eigenvalue weighted by Crippen LogP contribution is -2.17. The zero-order valence-corrected chi connectivity index (χ0v) is 15.0. The molecule has 1 saturated carbocycles. The van der Waals surface area contributed by atoms with Crippen molar-refractivity contribution in [3.05, 3.63) is 52.8 Å². The summed E-state index contributed by atoms with van der Waals surface area (Å²) >= 11 is 5.78. The number of benzene rings is 1. The molecule has 0 radical (unpaired) electrons. The highest BCUT2D eigenvalue weighted by molar-refractivity contribution is 6.31. The maximum atomic E-state index is 13.3. The molecule has 7 heteroatoms. The molecule has 4 rings (SSSR count). The Hall–Kier alpha value is -2.18. The van der Waals surface area contributed by atoms with Crippen LogP contribution in [0.2, 0.25) is 5.02 Å². The van der Waals surface area contributed by atoms with Crippen LogP contribution in [0.4, 0.5) is 10.1 Å². The van der Waals surface area contributed by atoms with Gasteiger partial charge in [-0.1, -0.05) is 17.7 Å². The summed E-state index contributed by atoms with van der Waals surface area (Å²) < 4.78 is 15.0. The van der Waals surface area contributed by atoms with E-state index < -0.39 is 5.82 Å². The Kier molecular flexibility index (Phi) is 4.32. The van der Waals surface area contributed by atoms with Gasteiger partial charge in [0.05, 0.1) is 23.1 Å². The van der Waals surface area contributed by atoms with Crippen LogP contribution in [-0.4, -0.2) is 26.7 Å². The molecule has 2 N–H and O–H groups in total. The van der Waals surface area contributed by atoms with Crippen molar-refractivity contribution in [2.24, 2.45) is 18.9 Å². The van der Waals surface area contributed by atoms with Gasteiger partial charge in [0.1, 0.15) is 11.5 Å². The smallest absolute Gasteiger partial charge is 0.274 e. The zero-order valence-electron chi connectivity index (χ0n) is 14.2. The number of allylic oxidation sites excluding steroid dienone is 2. The van der Waals surface area contributed by atoms with E-state index in [1.807, 2.05) is 0 Å². The first kappa shape index (κ1) is 17.2. The van der Waals surface area contributed by atoms with Crippen molar-refractivity contribution in [3.63, 3.8) is 0 Å². The molecule has 26 heavy (non-hydrogen) atoms. The molecule has 0 aliphatic heterocycles. The number of aliphatic hydroxyl groups is 1. The molecule has 1 fully saturated rings. The van der Waals surface area contributed by atoms with Crippen molar-refractivity contribution in [1.82, 2.24) is 9.55 Å². The molecule has 2 aliphatic carbocycles. The van der Waals surface area contributed by atoms with Gasteiger partial charge in [0.2, 0.25) is 0 Å². The number of hydrogen-bond acceptors (Lipinski definition) is 3. The third kappa shape index (κ3) is 3.04. The minimum absolute atomic E-state index is 0.0436. The van der Waals surface area contributed by atoms with Crippen LogP contribution in [0.3, 0.4) is 0 Å².